The molecule has 8 N–H and O–H groups in total. The number of hydrogen-bond acceptors (Lipinski definition) is 8. The van der Waals surface area contributed by atoms with E-state index in [0.717, 1.165) is 0 Å². The van der Waals surface area contributed by atoms with E-state index in [1.165, 1.54) is 12.4 Å². The Balaban J connectivity index is 0.00000181. The minimum absolute atomic E-state index is 0. The van der Waals surface area contributed by atoms with E-state index < -0.39 is 11.8 Å². The Morgan fingerprint density at radius 3 is 1.50 bits per heavy atom. The molecule has 4 rings (SSSR count). The molecule has 0 aliphatic heterocycles. The van der Waals surface area contributed by atoms with Gasteiger partial charge in [-0.1, -0.05) is 12.2 Å². The molecule has 0 aliphatic rings. The molecule has 32 heavy (non-hydrogen) atoms. The number of imidazole rings is 2. The third-order valence-electron chi connectivity index (χ3n) is 4.54. The number of aromatic nitrogens is 6. The molecule has 0 aromatic carbocycles. The van der Waals surface area contributed by atoms with Gasteiger partial charge >= 0.3 is 0 Å². The van der Waals surface area contributed by atoms with E-state index in [2.05, 4.69) is 19.9 Å². The highest BCUT2D eigenvalue weighted by atomic mass is 79.9. The molecule has 0 aliphatic carbocycles. The van der Waals surface area contributed by atoms with Crippen LogP contribution in [0.15, 0.2) is 36.7 Å². The van der Waals surface area contributed by atoms with Crippen LogP contribution in [0.5, 0.6) is 0 Å². The lowest BCUT2D eigenvalue weighted by Gasteiger charge is -2.04. The standard InChI is InChI=1S/C18H18N10O2.2BrH/c19-13(29)9-5-11-15(23-7-9)27(17(21)25-11)3-1-2-4-28-16-12(26-18(28)22)6-10(8-24-16)14(20)30;;/h1-2,5-8H,3-4H2,(H2,19,29)(H2,20,30)(H2,21,25)(H2,22,26);2*1H/b2-1+;;. The van der Waals surface area contributed by atoms with Gasteiger partial charge in [0.2, 0.25) is 23.7 Å². The average Bonchev–Trinajstić information content (AvgIpc) is 3.19. The third-order valence-corrected chi connectivity index (χ3v) is 4.54. The molecule has 0 radical (unpaired) electrons. The number of nitrogens with zero attached hydrogens (tertiary/aromatic N) is 6. The number of carbonyl (C=O) groups is 2. The zero-order valence-electron chi connectivity index (χ0n) is 16.5. The van der Waals surface area contributed by atoms with Crippen molar-refractivity contribution in [2.45, 2.75) is 13.1 Å². The van der Waals surface area contributed by atoms with E-state index in [4.69, 9.17) is 22.9 Å². The second kappa shape index (κ2) is 9.74. The predicted octanol–water partition coefficient (Wildman–Crippen LogP) is 0.950. The van der Waals surface area contributed by atoms with Crippen LogP contribution < -0.4 is 22.9 Å². The van der Waals surface area contributed by atoms with Gasteiger partial charge in [0.25, 0.3) is 0 Å². The number of halogens is 2. The molecule has 168 valence electrons. The second-order valence-electron chi connectivity index (χ2n) is 6.49. The maximum absolute atomic E-state index is 11.3. The monoisotopic (exact) mass is 566 g/mol. The highest BCUT2D eigenvalue weighted by molar-refractivity contribution is 8.93. The van der Waals surface area contributed by atoms with Gasteiger partial charge in [-0.3, -0.25) is 18.7 Å². The lowest BCUT2D eigenvalue weighted by Crippen LogP contribution is -2.11. The van der Waals surface area contributed by atoms with Crippen molar-refractivity contribution in [3.63, 3.8) is 0 Å². The smallest absolute Gasteiger partial charge is 0.250 e. The molecule has 0 bridgehead atoms. The number of primary amides is 2. The maximum atomic E-state index is 11.3. The molecule has 2 amide bonds. The first-order valence-electron chi connectivity index (χ1n) is 8.83. The second-order valence-corrected chi connectivity index (χ2v) is 6.49. The fraction of sp³-hybridized carbons (Fsp3) is 0.111. The topological polar surface area (TPSA) is 200 Å². The maximum Gasteiger partial charge on any atom is 0.250 e. The molecule has 0 spiro atoms. The lowest BCUT2D eigenvalue weighted by molar-refractivity contribution is 0.0991. The molecule has 0 unspecified atom stereocenters. The number of amides is 2. The molecule has 14 heteroatoms. The third kappa shape index (κ3) is 4.55. The van der Waals surface area contributed by atoms with Crippen LogP contribution >= 0.6 is 34.0 Å². The van der Waals surface area contributed by atoms with Crippen LogP contribution in [0.25, 0.3) is 22.3 Å². The number of hydrogen-bond donors (Lipinski definition) is 4. The van der Waals surface area contributed by atoms with Crippen LogP contribution in [-0.4, -0.2) is 40.9 Å². The van der Waals surface area contributed by atoms with Crippen LogP contribution in [0, 0.1) is 0 Å². The molecule has 0 fully saturated rings. The van der Waals surface area contributed by atoms with Crippen molar-refractivity contribution < 1.29 is 9.59 Å². The van der Waals surface area contributed by atoms with Crippen molar-refractivity contribution in [2.24, 2.45) is 11.5 Å². The quantitative estimate of drug-likeness (QED) is 0.246. The van der Waals surface area contributed by atoms with Gasteiger partial charge in [0, 0.05) is 25.5 Å². The van der Waals surface area contributed by atoms with E-state index >= 15 is 0 Å². The van der Waals surface area contributed by atoms with Crippen LogP contribution in [0.2, 0.25) is 0 Å². The van der Waals surface area contributed by atoms with E-state index in [0.29, 0.717) is 35.4 Å². The molecule has 0 saturated heterocycles. The van der Waals surface area contributed by atoms with Gasteiger partial charge in [-0.25, -0.2) is 19.9 Å². The first kappa shape index (κ1) is 24.7. The molecule has 4 aromatic rings. The molecule has 0 saturated carbocycles. The summed E-state index contributed by atoms with van der Waals surface area (Å²) in [5.41, 5.74) is 25.0. The summed E-state index contributed by atoms with van der Waals surface area (Å²) in [6.45, 7) is 0.800. The summed E-state index contributed by atoms with van der Waals surface area (Å²) in [6.07, 6.45) is 6.50. The lowest BCUT2D eigenvalue weighted by atomic mass is 10.2. The Kier molecular flexibility index (Phi) is 7.53. The molecule has 0 atom stereocenters. The van der Waals surface area contributed by atoms with Crippen molar-refractivity contribution in [3.05, 3.63) is 47.8 Å². The molecular formula is C18H20Br2N10O2. The Labute approximate surface area is 202 Å². The van der Waals surface area contributed by atoms with E-state index in [9.17, 15) is 9.59 Å². The van der Waals surface area contributed by atoms with Crippen molar-refractivity contribution in [1.29, 1.82) is 0 Å². The number of pyridine rings is 2. The number of anilines is 2. The van der Waals surface area contributed by atoms with Crippen molar-refractivity contribution in [2.75, 3.05) is 11.5 Å². The summed E-state index contributed by atoms with van der Waals surface area (Å²) in [7, 11) is 0. The van der Waals surface area contributed by atoms with E-state index in [1.807, 2.05) is 12.2 Å². The number of rotatable bonds is 6. The minimum atomic E-state index is -0.584. The van der Waals surface area contributed by atoms with Crippen LogP contribution in [0.1, 0.15) is 20.7 Å². The zero-order chi connectivity index (χ0) is 21.4. The van der Waals surface area contributed by atoms with Gasteiger partial charge in [0.1, 0.15) is 11.0 Å². The number of nitrogens with two attached hydrogens (primary N) is 4. The summed E-state index contributed by atoms with van der Waals surface area (Å²) >= 11 is 0. The molecular weight excluding hydrogens is 548 g/mol. The summed E-state index contributed by atoms with van der Waals surface area (Å²) in [5, 5.41) is 0. The number of allylic oxidation sites excluding steroid dienone is 2. The van der Waals surface area contributed by atoms with Crippen molar-refractivity contribution in [1.82, 2.24) is 29.1 Å². The van der Waals surface area contributed by atoms with Gasteiger partial charge in [0.15, 0.2) is 11.3 Å². The SMILES string of the molecule is Br.Br.NC(=O)c1cnc2c(c1)nc(N)n2C/C=C/Cn1c(N)nc2cc(C(N)=O)cnc21. The Morgan fingerprint density at radius 1 is 0.781 bits per heavy atom. The Hall–Kier alpha value is -3.52. The van der Waals surface area contributed by atoms with Gasteiger partial charge in [0.05, 0.1) is 11.1 Å². The summed E-state index contributed by atoms with van der Waals surface area (Å²) in [4.78, 5) is 39.5. The number of carbonyl (C=O) groups excluding carboxylic acids is 2. The van der Waals surface area contributed by atoms with Gasteiger partial charge in [-0.05, 0) is 12.1 Å². The first-order valence-corrected chi connectivity index (χ1v) is 8.83. The molecule has 4 aromatic heterocycles. The summed E-state index contributed by atoms with van der Waals surface area (Å²) in [5.74, 6) is -0.646. The largest absolute Gasteiger partial charge is 0.369 e. The minimum Gasteiger partial charge on any atom is -0.369 e. The summed E-state index contributed by atoms with van der Waals surface area (Å²) in [6, 6.07) is 3.09. The molecule has 12 nitrogen and oxygen atoms in total. The fourth-order valence-corrected chi connectivity index (χ4v) is 3.05. The van der Waals surface area contributed by atoms with Crippen LogP contribution in [0.3, 0.4) is 0 Å². The number of fused-ring (bicyclic) bond motifs is 2. The predicted molar refractivity (Wildman–Crippen MR) is 131 cm³/mol. The van der Waals surface area contributed by atoms with Gasteiger partial charge in [-0.15, -0.1) is 34.0 Å². The van der Waals surface area contributed by atoms with E-state index in [-0.39, 0.29) is 57.0 Å². The average molecular weight is 568 g/mol. The van der Waals surface area contributed by atoms with Crippen molar-refractivity contribution >= 4 is 80.0 Å². The van der Waals surface area contributed by atoms with Crippen LogP contribution in [-0.2, 0) is 13.1 Å². The zero-order valence-corrected chi connectivity index (χ0v) is 19.9. The Bertz CT molecular complexity index is 1240. The normalized spacial score (nSPS) is 10.9. The van der Waals surface area contributed by atoms with Crippen molar-refractivity contribution in [3.8, 4) is 0 Å². The van der Waals surface area contributed by atoms with Crippen LogP contribution in [0.4, 0.5) is 11.9 Å². The summed E-state index contributed by atoms with van der Waals surface area (Å²) < 4.78 is 3.40. The van der Waals surface area contributed by atoms with Gasteiger partial charge in [-0.2, -0.15) is 0 Å². The molecule has 4 heterocycles. The fourth-order valence-electron chi connectivity index (χ4n) is 3.05. The highest BCUT2D eigenvalue weighted by Crippen LogP contribution is 2.18. The highest BCUT2D eigenvalue weighted by Gasteiger charge is 2.12. The Morgan fingerprint density at radius 2 is 1.16 bits per heavy atom. The van der Waals surface area contributed by atoms with Gasteiger partial charge < -0.3 is 22.9 Å². The van der Waals surface area contributed by atoms with E-state index in [1.54, 1.807) is 21.3 Å². The first-order chi connectivity index (χ1) is 14.3. The number of nitrogen functional groups attached to an aromatic ring is 2.